The van der Waals surface area contributed by atoms with Gasteiger partial charge < -0.3 is 60.4 Å². The van der Waals surface area contributed by atoms with Crippen LogP contribution in [0, 0.1) is 0 Å². The van der Waals surface area contributed by atoms with Crippen LogP contribution in [-0.4, -0.2) is 154 Å². The molecule has 5 rings (SSSR count). The molecular weight excluding hydrogens is 1190 g/mol. The van der Waals surface area contributed by atoms with E-state index in [0.717, 1.165) is 44.6 Å². The summed E-state index contributed by atoms with van der Waals surface area (Å²) in [5, 5.41) is 23.9. The molecule has 1 saturated heterocycles. The van der Waals surface area contributed by atoms with Crippen molar-refractivity contribution in [3.8, 4) is 23.0 Å². The summed E-state index contributed by atoms with van der Waals surface area (Å²) in [5.74, 6) is -10.9. The van der Waals surface area contributed by atoms with Crippen LogP contribution in [0.5, 0.6) is 23.0 Å². The zero-order valence-corrected chi connectivity index (χ0v) is 50.5. The first-order valence-electron chi connectivity index (χ1n) is 28.6. The second-order valence-corrected chi connectivity index (χ2v) is 20.8. The highest BCUT2D eigenvalue weighted by Gasteiger charge is 2.53. The Morgan fingerprint density at radius 2 is 1.10 bits per heavy atom. The number of aliphatic carboxylic acids is 1. The molecule has 29 heteroatoms. The molecule has 3 aromatic rings. The maximum Gasteiger partial charge on any atom is 0.353 e. The summed E-state index contributed by atoms with van der Waals surface area (Å²) in [6.45, 7) is 6.13. The Balaban J connectivity index is 1.09. The van der Waals surface area contributed by atoms with Crippen LogP contribution in [0.2, 0.25) is 0 Å². The molecule has 2 aliphatic heterocycles. The van der Waals surface area contributed by atoms with Crippen molar-refractivity contribution in [2.24, 2.45) is 0 Å². The molecule has 28 nitrogen and oxygen atoms in total. The van der Waals surface area contributed by atoms with Crippen molar-refractivity contribution < 1.29 is 96.0 Å². The normalized spacial score (nSPS) is 14.2. The number of carboxylic acid groups (broad SMARTS) is 1. The highest BCUT2D eigenvalue weighted by molar-refractivity contribution is 6.32. The first-order valence-corrected chi connectivity index (χ1v) is 28.9. The number of ether oxygens (including phenoxy) is 4. The van der Waals surface area contributed by atoms with Gasteiger partial charge in [-0.3, -0.25) is 67.2 Å². The maximum atomic E-state index is 13.7. The van der Waals surface area contributed by atoms with Crippen molar-refractivity contribution in [2.75, 3.05) is 39.3 Å². The summed E-state index contributed by atoms with van der Waals surface area (Å²) < 4.78 is 20.6. The molecule has 3 aromatic carbocycles. The zero-order chi connectivity index (χ0) is 65.3. The number of allylic oxidation sites excluding steroid dienone is 1. The molecule has 89 heavy (non-hydrogen) atoms. The first kappa shape index (κ1) is 70.0. The average Bonchev–Trinajstić information content (AvgIpc) is 0.955. The zero-order valence-electron chi connectivity index (χ0n) is 49.7. The molecule has 2 aliphatic rings. The van der Waals surface area contributed by atoms with E-state index in [0.29, 0.717) is 44.1 Å². The Bertz CT molecular complexity index is 3210. The number of halogens is 1. The molecular formula is C60H71ClN8O20. The average molecular weight is 1260 g/mol. The summed E-state index contributed by atoms with van der Waals surface area (Å²) in [6.07, 6.45) is 1.28. The number of nitrogens with one attached hydrogen (secondary N) is 5. The van der Waals surface area contributed by atoms with Crippen molar-refractivity contribution in [1.82, 2.24) is 41.4 Å². The molecule has 2 heterocycles. The van der Waals surface area contributed by atoms with Gasteiger partial charge in [0.25, 0.3) is 23.6 Å². The summed E-state index contributed by atoms with van der Waals surface area (Å²) in [5.41, 5.74) is -0.159. The van der Waals surface area contributed by atoms with Crippen LogP contribution in [0.4, 0.5) is 0 Å². The smallest absolute Gasteiger partial charge is 0.353 e. The Hall–Kier alpha value is -9.73. The molecule has 1 unspecified atom stereocenters. The Morgan fingerprint density at radius 3 is 1.66 bits per heavy atom. The number of carbonyl (C=O) groups excluding carboxylic acids is 13. The second-order valence-electron chi connectivity index (χ2n) is 20.4. The van der Waals surface area contributed by atoms with E-state index in [4.69, 9.17) is 35.4 Å². The Morgan fingerprint density at radius 1 is 0.584 bits per heavy atom. The SMILES string of the molecule is CC(=O)Oc1cccc(C(=O)NCCCCN(CCCNC(=O)c2cccc(OC(C)=O)c2OC(C)=O)C(=O)CCC(=O)NCCCCCN(OC(C)=O)C(=O)CCC(=O)N[C@@H](C(=O)N[C@@H]2C(=O)N3C(C(=O)O)=C(Cl)CCC23)c2ccccc2)c1OC(C)=O. The molecule has 6 N–H and O–H groups in total. The number of β-lactam (4-membered cyclic amide) rings is 1. The lowest BCUT2D eigenvalue weighted by Gasteiger charge is -2.49. The molecule has 478 valence electrons. The standard InChI is InChI=1S/C60H71ClN8O20/c1-35(70)85-45-21-14-19-41(54(45)87-37(3)72)56(79)63-30-11-13-32-67(33-16-31-64-57(80)42-20-15-22-46(86-36(2)71)55(42)88-38(4)73)49(77)27-25-47(75)62-29-10-7-12-34-68(89-39(5)74)50(78)28-26-48(76)65-51(40-17-8-6-9-18-40)58(81)66-52-44-24-23-43(61)53(60(83)84)69(44)59(52)82/h6,8-9,14-15,17-22,44,51-52H,7,10-13,16,23-34H2,1-5H3,(H,62,75)(H,63,79)(H,64,80)(H,65,76)(H,66,81)(H,83,84)/t44?,51-,52+/m1/s1. The van der Waals surface area contributed by atoms with E-state index in [9.17, 15) is 72.2 Å². The van der Waals surface area contributed by atoms with E-state index >= 15 is 0 Å². The number of esters is 4. The molecule has 8 amide bonds. The van der Waals surface area contributed by atoms with Gasteiger partial charge in [0.15, 0.2) is 23.0 Å². The van der Waals surface area contributed by atoms with Gasteiger partial charge in [0.2, 0.25) is 23.6 Å². The quantitative estimate of drug-likeness (QED) is 0.0171. The summed E-state index contributed by atoms with van der Waals surface area (Å²) in [6, 6.07) is 13.4. The van der Waals surface area contributed by atoms with E-state index in [2.05, 4.69) is 26.6 Å². The highest BCUT2D eigenvalue weighted by atomic mass is 35.5. The number of carboxylic acids is 1. The summed E-state index contributed by atoms with van der Waals surface area (Å²) >= 11 is 6.10. The number of hydrogen-bond donors (Lipinski definition) is 6. The van der Waals surface area contributed by atoms with Gasteiger partial charge in [-0.25, -0.2) is 4.79 Å². The molecule has 0 radical (unpaired) electrons. The molecule has 0 spiro atoms. The van der Waals surface area contributed by atoms with Crippen LogP contribution < -0.4 is 45.5 Å². The Kier molecular flexibility index (Phi) is 27.2. The number of amides is 8. The van der Waals surface area contributed by atoms with Gasteiger partial charge in [0.1, 0.15) is 17.8 Å². The third-order valence-electron chi connectivity index (χ3n) is 13.4. The predicted molar refractivity (Wildman–Crippen MR) is 312 cm³/mol. The number of para-hydroxylation sites is 2. The van der Waals surface area contributed by atoms with Crippen LogP contribution in [0.15, 0.2) is 77.5 Å². The molecule has 0 saturated carbocycles. The van der Waals surface area contributed by atoms with E-state index in [1.807, 2.05) is 0 Å². The topological polar surface area (TPSA) is 375 Å². The van der Waals surface area contributed by atoms with Crippen molar-refractivity contribution in [1.29, 1.82) is 0 Å². The molecule has 0 bridgehead atoms. The van der Waals surface area contributed by atoms with Gasteiger partial charge in [0.05, 0.1) is 23.7 Å². The fourth-order valence-corrected chi connectivity index (χ4v) is 9.70. The molecule has 0 aliphatic carbocycles. The predicted octanol–water partition coefficient (Wildman–Crippen LogP) is 3.58. The van der Waals surface area contributed by atoms with Crippen molar-refractivity contribution in [2.45, 2.75) is 130 Å². The minimum atomic E-state index is -1.38. The fourth-order valence-electron chi connectivity index (χ4n) is 9.42. The summed E-state index contributed by atoms with van der Waals surface area (Å²) in [7, 11) is 0. The fraction of sp³-hybridized carbons (Fsp3) is 0.433. The molecule has 3 atom stereocenters. The maximum absolute atomic E-state index is 13.7. The lowest BCUT2D eigenvalue weighted by molar-refractivity contribution is -0.196. The van der Waals surface area contributed by atoms with Crippen LogP contribution in [0.1, 0.15) is 144 Å². The minimum absolute atomic E-state index is 0.0158. The first-order chi connectivity index (χ1) is 42.4. The van der Waals surface area contributed by atoms with E-state index < -0.39 is 114 Å². The Labute approximate surface area is 516 Å². The summed E-state index contributed by atoms with van der Waals surface area (Å²) in [4.78, 5) is 185. The van der Waals surface area contributed by atoms with Gasteiger partial charge in [-0.2, -0.15) is 5.06 Å². The second kappa shape index (κ2) is 34.6. The van der Waals surface area contributed by atoms with Gasteiger partial charge in [-0.15, -0.1) is 0 Å². The van der Waals surface area contributed by atoms with Crippen LogP contribution >= 0.6 is 11.6 Å². The lowest BCUT2D eigenvalue weighted by atomic mass is 9.86. The number of rotatable bonds is 32. The minimum Gasteiger partial charge on any atom is -0.477 e. The van der Waals surface area contributed by atoms with E-state index in [1.54, 1.807) is 30.3 Å². The number of benzene rings is 3. The monoisotopic (exact) mass is 1260 g/mol. The van der Waals surface area contributed by atoms with Gasteiger partial charge in [-0.05, 0) is 81.2 Å². The van der Waals surface area contributed by atoms with Crippen LogP contribution in [0.3, 0.4) is 0 Å². The number of fused-ring (bicyclic) bond motifs is 1. The van der Waals surface area contributed by atoms with Crippen molar-refractivity contribution in [3.05, 3.63) is 94.1 Å². The highest BCUT2D eigenvalue weighted by Crippen LogP contribution is 2.39. The number of hydrogen-bond acceptors (Lipinski definition) is 19. The van der Waals surface area contributed by atoms with Crippen LogP contribution in [-0.2, 0) is 62.4 Å². The number of hydroxylamine groups is 2. The lowest BCUT2D eigenvalue weighted by Crippen LogP contribution is -2.72. The van der Waals surface area contributed by atoms with E-state index in [1.165, 1.54) is 41.3 Å². The third kappa shape index (κ3) is 21.6. The molecule has 1 fully saturated rings. The largest absolute Gasteiger partial charge is 0.477 e. The van der Waals surface area contributed by atoms with E-state index in [-0.39, 0.29) is 110 Å². The van der Waals surface area contributed by atoms with Crippen molar-refractivity contribution in [3.63, 3.8) is 0 Å². The number of nitrogens with zero attached hydrogens (tertiary/aromatic N) is 3. The number of carbonyl (C=O) groups is 14. The van der Waals surface area contributed by atoms with Gasteiger partial charge in [0, 0.05) is 98.1 Å². The molecule has 0 aromatic heterocycles. The third-order valence-corrected chi connectivity index (χ3v) is 13.8. The van der Waals surface area contributed by atoms with Crippen LogP contribution in [0.25, 0.3) is 0 Å². The number of unbranched alkanes of at least 4 members (excludes halogenated alkanes) is 3. The van der Waals surface area contributed by atoms with Gasteiger partial charge in [-0.1, -0.05) is 54.1 Å². The van der Waals surface area contributed by atoms with Crippen molar-refractivity contribution >= 4 is 94.7 Å². The van der Waals surface area contributed by atoms with Gasteiger partial charge >= 0.3 is 35.8 Å².